The summed E-state index contributed by atoms with van der Waals surface area (Å²) >= 11 is 5.34. The third-order valence-corrected chi connectivity index (χ3v) is 5.05. The second-order valence-electron chi connectivity index (χ2n) is 7.09. The van der Waals surface area contributed by atoms with Crippen LogP contribution in [0.2, 0.25) is 0 Å². The first-order chi connectivity index (χ1) is 14.0. The Morgan fingerprint density at radius 1 is 1.21 bits per heavy atom. The first kappa shape index (κ1) is 20.8. The lowest BCUT2D eigenvalue weighted by Gasteiger charge is -2.18. The van der Waals surface area contributed by atoms with Crippen molar-refractivity contribution in [2.75, 3.05) is 20.2 Å². The van der Waals surface area contributed by atoms with Crippen LogP contribution in [0.25, 0.3) is 11.4 Å². The predicted octanol–water partition coefficient (Wildman–Crippen LogP) is 4.15. The Morgan fingerprint density at radius 3 is 2.76 bits per heavy atom. The molecule has 0 saturated heterocycles. The van der Waals surface area contributed by atoms with Crippen molar-refractivity contribution in [2.24, 2.45) is 0 Å². The third-order valence-electron chi connectivity index (χ3n) is 4.74. The maximum Gasteiger partial charge on any atom is 0.242 e. The lowest BCUT2D eigenvalue weighted by Crippen LogP contribution is -2.32. The quantitative estimate of drug-likeness (QED) is 0.448. The largest absolute Gasteiger partial charge is 0.493 e. The van der Waals surface area contributed by atoms with Gasteiger partial charge in [0.1, 0.15) is 12.3 Å². The van der Waals surface area contributed by atoms with Crippen LogP contribution in [0.1, 0.15) is 17.5 Å². The van der Waals surface area contributed by atoms with Gasteiger partial charge in [0.15, 0.2) is 10.6 Å². The van der Waals surface area contributed by atoms with Gasteiger partial charge in [-0.15, -0.1) is 0 Å². The minimum Gasteiger partial charge on any atom is -0.493 e. The molecule has 0 aliphatic heterocycles. The molecule has 0 aliphatic carbocycles. The van der Waals surface area contributed by atoms with E-state index in [9.17, 15) is 4.79 Å². The summed E-state index contributed by atoms with van der Waals surface area (Å²) < 4.78 is 7.98. The van der Waals surface area contributed by atoms with Crippen LogP contribution >= 0.6 is 12.2 Å². The number of carbonyl (C=O) groups excluding carboxylic acids is 1. The van der Waals surface area contributed by atoms with Crippen molar-refractivity contribution in [3.05, 3.63) is 64.4 Å². The van der Waals surface area contributed by atoms with Crippen LogP contribution in [0.15, 0.2) is 48.5 Å². The minimum absolute atomic E-state index is 0.0210. The summed E-state index contributed by atoms with van der Waals surface area (Å²) in [4.78, 5) is 14.4. The highest BCUT2D eigenvalue weighted by Crippen LogP contribution is 2.19. The normalized spacial score (nSPS) is 10.7. The summed E-state index contributed by atoms with van der Waals surface area (Å²) in [5, 5.41) is 7.11. The molecular formula is C22H26N4O2S. The number of aromatic amines is 1. The lowest BCUT2D eigenvalue weighted by atomic mass is 10.1. The fourth-order valence-corrected chi connectivity index (χ4v) is 3.25. The van der Waals surface area contributed by atoms with Crippen molar-refractivity contribution < 1.29 is 9.53 Å². The number of hydrogen-bond acceptors (Lipinski definition) is 4. The second-order valence-corrected chi connectivity index (χ2v) is 7.48. The number of carbonyl (C=O) groups is 1. The Kier molecular flexibility index (Phi) is 6.82. The predicted molar refractivity (Wildman–Crippen MR) is 117 cm³/mol. The summed E-state index contributed by atoms with van der Waals surface area (Å²) in [6.07, 6.45) is 0.748. The molecule has 0 radical (unpaired) electrons. The van der Waals surface area contributed by atoms with Gasteiger partial charge in [0.2, 0.25) is 5.91 Å². The van der Waals surface area contributed by atoms with E-state index in [-0.39, 0.29) is 12.5 Å². The van der Waals surface area contributed by atoms with E-state index < -0.39 is 0 Å². The highest BCUT2D eigenvalue weighted by atomic mass is 32.1. The molecule has 1 N–H and O–H groups in total. The van der Waals surface area contributed by atoms with Crippen LogP contribution in [0, 0.1) is 18.6 Å². The second kappa shape index (κ2) is 9.52. The van der Waals surface area contributed by atoms with Crippen molar-refractivity contribution in [1.29, 1.82) is 0 Å². The Hall–Kier alpha value is -2.93. The molecule has 1 heterocycles. The van der Waals surface area contributed by atoms with Gasteiger partial charge in [0.25, 0.3) is 0 Å². The molecule has 6 nitrogen and oxygen atoms in total. The number of H-pyrrole nitrogens is 1. The van der Waals surface area contributed by atoms with E-state index >= 15 is 0 Å². The van der Waals surface area contributed by atoms with Crippen molar-refractivity contribution in [1.82, 2.24) is 19.7 Å². The van der Waals surface area contributed by atoms with E-state index in [1.54, 1.807) is 16.5 Å². The zero-order chi connectivity index (χ0) is 20.8. The number of para-hydroxylation sites is 1. The van der Waals surface area contributed by atoms with Crippen molar-refractivity contribution in [2.45, 2.75) is 26.8 Å². The van der Waals surface area contributed by atoms with Crippen molar-refractivity contribution in [3.63, 3.8) is 0 Å². The molecule has 2 aromatic carbocycles. The Balaban J connectivity index is 1.57. The minimum atomic E-state index is -0.0210. The molecular weight excluding hydrogens is 384 g/mol. The van der Waals surface area contributed by atoms with Crippen LogP contribution in [0.4, 0.5) is 0 Å². The van der Waals surface area contributed by atoms with Crippen LogP contribution < -0.4 is 4.74 Å². The maximum absolute atomic E-state index is 12.7. The van der Waals surface area contributed by atoms with Crippen LogP contribution in [-0.4, -0.2) is 45.8 Å². The summed E-state index contributed by atoms with van der Waals surface area (Å²) in [6, 6.07) is 15.9. The van der Waals surface area contributed by atoms with E-state index in [0.717, 1.165) is 28.9 Å². The number of hydrogen-bond donors (Lipinski definition) is 1. The fourth-order valence-electron chi connectivity index (χ4n) is 3.05. The fraction of sp³-hybridized carbons (Fsp3) is 0.318. The number of ether oxygens (including phenoxy) is 1. The van der Waals surface area contributed by atoms with Gasteiger partial charge < -0.3 is 9.64 Å². The number of likely N-dealkylation sites (N-methyl/N-ethyl adjacent to an activating group) is 1. The number of aryl methyl sites for hydroxylation is 2. The van der Waals surface area contributed by atoms with Gasteiger partial charge in [-0.2, -0.15) is 5.10 Å². The maximum atomic E-state index is 12.7. The number of aromatic nitrogens is 3. The smallest absolute Gasteiger partial charge is 0.242 e. The highest BCUT2D eigenvalue weighted by Gasteiger charge is 2.15. The number of nitrogens with zero attached hydrogens (tertiary/aromatic N) is 3. The standard InChI is InChI=1S/C22H26N4O2S/c1-16-8-6-10-18(14-16)21-23-24-22(29)26(21)15-20(27)25(3)12-7-13-28-19-11-5-4-9-17(19)2/h4-6,8-11,14H,7,12-13,15H2,1-3H3,(H,24,29). The van der Waals surface area contributed by atoms with Gasteiger partial charge in [-0.1, -0.05) is 42.0 Å². The van der Waals surface area contributed by atoms with E-state index in [4.69, 9.17) is 17.0 Å². The summed E-state index contributed by atoms with van der Waals surface area (Å²) in [5.74, 6) is 1.53. The van der Waals surface area contributed by atoms with E-state index in [1.165, 1.54) is 0 Å². The zero-order valence-electron chi connectivity index (χ0n) is 17.0. The van der Waals surface area contributed by atoms with Crippen molar-refractivity contribution >= 4 is 18.1 Å². The Labute approximate surface area is 176 Å². The molecule has 0 unspecified atom stereocenters. The average molecular weight is 411 g/mol. The van der Waals surface area contributed by atoms with Gasteiger partial charge in [0, 0.05) is 19.2 Å². The third kappa shape index (κ3) is 5.32. The van der Waals surface area contributed by atoms with Gasteiger partial charge in [-0.05, 0) is 50.2 Å². The van der Waals surface area contributed by atoms with Gasteiger partial charge in [-0.25, -0.2) is 0 Å². The van der Waals surface area contributed by atoms with E-state index in [0.29, 0.717) is 23.7 Å². The number of amides is 1. The van der Waals surface area contributed by atoms with Gasteiger partial charge in [0.05, 0.1) is 6.61 Å². The van der Waals surface area contributed by atoms with Crippen molar-refractivity contribution in [3.8, 4) is 17.1 Å². The SMILES string of the molecule is Cc1cccc(-c2n[nH]c(=S)n2CC(=O)N(C)CCCOc2ccccc2C)c1. The molecule has 0 fully saturated rings. The topological polar surface area (TPSA) is 63.2 Å². The molecule has 0 atom stereocenters. The average Bonchev–Trinajstić information content (AvgIpc) is 3.06. The van der Waals surface area contributed by atoms with E-state index in [2.05, 4.69) is 10.2 Å². The molecule has 1 aromatic heterocycles. The molecule has 0 spiro atoms. The monoisotopic (exact) mass is 410 g/mol. The molecule has 3 aromatic rings. The summed E-state index contributed by atoms with van der Waals surface area (Å²) in [6.45, 7) is 5.35. The molecule has 1 amide bonds. The number of benzene rings is 2. The Morgan fingerprint density at radius 2 is 2.00 bits per heavy atom. The Bertz CT molecular complexity index is 1040. The zero-order valence-corrected chi connectivity index (χ0v) is 17.8. The molecule has 7 heteroatoms. The number of rotatable bonds is 8. The van der Waals surface area contributed by atoms with Crippen LogP contribution in [0.5, 0.6) is 5.75 Å². The molecule has 3 rings (SSSR count). The molecule has 0 bridgehead atoms. The highest BCUT2D eigenvalue weighted by molar-refractivity contribution is 7.71. The summed E-state index contributed by atoms with van der Waals surface area (Å²) in [5.41, 5.74) is 3.16. The molecule has 0 saturated carbocycles. The molecule has 152 valence electrons. The van der Waals surface area contributed by atoms with Gasteiger partial charge in [-0.3, -0.25) is 14.5 Å². The first-order valence-electron chi connectivity index (χ1n) is 9.60. The molecule has 0 aliphatic rings. The lowest BCUT2D eigenvalue weighted by molar-refractivity contribution is -0.130. The summed E-state index contributed by atoms with van der Waals surface area (Å²) in [7, 11) is 1.80. The molecule has 29 heavy (non-hydrogen) atoms. The van der Waals surface area contributed by atoms with Crippen LogP contribution in [0.3, 0.4) is 0 Å². The van der Waals surface area contributed by atoms with E-state index in [1.807, 2.05) is 62.4 Å². The van der Waals surface area contributed by atoms with Crippen LogP contribution in [-0.2, 0) is 11.3 Å². The number of nitrogens with one attached hydrogen (secondary N) is 1. The van der Waals surface area contributed by atoms with Gasteiger partial charge >= 0.3 is 0 Å². The first-order valence-corrected chi connectivity index (χ1v) is 10.0.